The Bertz CT molecular complexity index is 825. The third-order valence-corrected chi connectivity index (χ3v) is 4.28. The highest BCUT2D eigenvalue weighted by atomic mass is 16.1. The first kappa shape index (κ1) is 13.8. The lowest BCUT2D eigenvalue weighted by molar-refractivity contribution is -0.116. The molecule has 0 spiro atoms. The van der Waals surface area contributed by atoms with Crippen LogP contribution in [-0.4, -0.2) is 15.5 Å². The Morgan fingerprint density at radius 3 is 2.70 bits per heavy atom. The maximum absolute atomic E-state index is 11.5. The van der Waals surface area contributed by atoms with Gasteiger partial charge in [0, 0.05) is 24.5 Å². The maximum atomic E-state index is 11.5. The fourth-order valence-electron chi connectivity index (χ4n) is 3.17. The zero-order valence-electron chi connectivity index (χ0n) is 12.6. The van der Waals surface area contributed by atoms with E-state index in [0.29, 0.717) is 6.42 Å². The van der Waals surface area contributed by atoms with Crippen molar-refractivity contribution in [2.45, 2.75) is 18.9 Å². The van der Waals surface area contributed by atoms with Gasteiger partial charge >= 0.3 is 0 Å². The van der Waals surface area contributed by atoms with Gasteiger partial charge in [0.15, 0.2) is 0 Å². The molecule has 0 bridgehead atoms. The molecular formula is C19H17N3O. The highest BCUT2D eigenvalue weighted by molar-refractivity contribution is 5.93. The van der Waals surface area contributed by atoms with Crippen molar-refractivity contribution in [1.82, 2.24) is 9.55 Å². The molecule has 2 aromatic carbocycles. The van der Waals surface area contributed by atoms with Crippen molar-refractivity contribution in [1.29, 1.82) is 0 Å². The van der Waals surface area contributed by atoms with E-state index in [-0.39, 0.29) is 11.9 Å². The lowest BCUT2D eigenvalue weighted by atomic mass is 9.93. The quantitative estimate of drug-likeness (QED) is 0.806. The van der Waals surface area contributed by atoms with Crippen molar-refractivity contribution in [2.75, 3.05) is 5.32 Å². The van der Waals surface area contributed by atoms with Crippen molar-refractivity contribution >= 4 is 11.6 Å². The molecule has 1 amide bonds. The Morgan fingerprint density at radius 2 is 1.91 bits per heavy atom. The Kier molecular flexibility index (Phi) is 3.42. The zero-order valence-corrected chi connectivity index (χ0v) is 12.6. The largest absolute Gasteiger partial charge is 0.326 e. The van der Waals surface area contributed by atoms with E-state index in [4.69, 9.17) is 0 Å². The van der Waals surface area contributed by atoms with Gasteiger partial charge in [-0.1, -0.05) is 42.5 Å². The fraction of sp³-hybridized carbons (Fsp3) is 0.158. The molecule has 0 saturated carbocycles. The maximum Gasteiger partial charge on any atom is 0.224 e. The van der Waals surface area contributed by atoms with Gasteiger partial charge in [0.1, 0.15) is 0 Å². The Hall–Kier alpha value is -2.88. The van der Waals surface area contributed by atoms with E-state index in [1.807, 2.05) is 24.7 Å². The molecule has 1 atom stereocenters. The van der Waals surface area contributed by atoms with E-state index < -0.39 is 0 Å². The molecule has 114 valence electrons. The molecule has 0 saturated heterocycles. The molecule has 23 heavy (non-hydrogen) atoms. The van der Waals surface area contributed by atoms with Crippen LogP contribution >= 0.6 is 0 Å². The average Bonchev–Trinajstić information content (AvgIpc) is 3.10. The lowest BCUT2D eigenvalue weighted by Gasteiger charge is -2.23. The highest BCUT2D eigenvalue weighted by Gasteiger charge is 2.20. The summed E-state index contributed by atoms with van der Waals surface area (Å²) in [5.74, 6) is 0.0967. The first-order chi connectivity index (χ1) is 11.3. The second-order valence-electron chi connectivity index (χ2n) is 5.79. The second-order valence-corrected chi connectivity index (χ2v) is 5.79. The van der Waals surface area contributed by atoms with Gasteiger partial charge in [-0.3, -0.25) is 4.79 Å². The molecule has 3 aromatic rings. The van der Waals surface area contributed by atoms with Crippen molar-refractivity contribution in [3.8, 4) is 0 Å². The van der Waals surface area contributed by atoms with Crippen LogP contribution in [0.2, 0.25) is 0 Å². The van der Waals surface area contributed by atoms with Crippen LogP contribution < -0.4 is 5.32 Å². The van der Waals surface area contributed by atoms with Crippen LogP contribution in [0.15, 0.2) is 67.3 Å². The lowest BCUT2D eigenvalue weighted by Crippen LogP contribution is -2.19. The standard InChI is InChI=1S/C19H17N3O/c23-18-9-7-15-12-16(6-8-17(15)21-18)19(22-11-10-20-13-22)14-4-2-1-3-5-14/h1-6,8,10-13,19H,7,9H2,(H,21,23). The van der Waals surface area contributed by atoms with Gasteiger partial charge in [0.05, 0.1) is 12.4 Å². The summed E-state index contributed by atoms with van der Waals surface area (Å²) in [6.45, 7) is 0. The Morgan fingerprint density at radius 1 is 1.04 bits per heavy atom. The molecule has 1 aliphatic rings. The fourth-order valence-corrected chi connectivity index (χ4v) is 3.17. The number of benzene rings is 2. The number of hydrogen-bond acceptors (Lipinski definition) is 2. The molecule has 4 rings (SSSR count). The molecule has 0 fully saturated rings. The Balaban J connectivity index is 1.80. The number of nitrogens with zero attached hydrogens (tertiary/aromatic N) is 2. The molecule has 1 unspecified atom stereocenters. The number of fused-ring (bicyclic) bond motifs is 1. The van der Waals surface area contributed by atoms with E-state index in [1.54, 1.807) is 6.20 Å². The van der Waals surface area contributed by atoms with Crippen LogP contribution in [0.1, 0.15) is 29.2 Å². The number of imidazole rings is 1. The summed E-state index contributed by atoms with van der Waals surface area (Å²) in [5, 5.41) is 2.94. The number of nitrogens with one attached hydrogen (secondary N) is 1. The van der Waals surface area contributed by atoms with Crippen molar-refractivity contribution in [2.24, 2.45) is 0 Å². The minimum atomic E-state index is 0.0848. The summed E-state index contributed by atoms with van der Waals surface area (Å²) >= 11 is 0. The van der Waals surface area contributed by atoms with E-state index in [9.17, 15) is 4.79 Å². The number of aryl methyl sites for hydroxylation is 1. The van der Waals surface area contributed by atoms with Crippen molar-refractivity contribution in [3.05, 3.63) is 83.9 Å². The van der Waals surface area contributed by atoms with Gasteiger partial charge < -0.3 is 9.88 Å². The first-order valence-corrected chi connectivity index (χ1v) is 7.76. The molecule has 4 heteroatoms. The van der Waals surface area contributed by atoms with Crippen molar-refractivity contribution < 1.29 is 4.79 Å². The van der Waals surface area contributed by atoms with Crippen LogP contribution in [-0.2, 0) is 11.2 Å². The summed E-state index contributed by atoms with van der Waals surface area (Å²) < 4.78 is 2.11. The molecule has 1 aromatic heterocycles. The second kappa shape index (κ2) is 5.72. The van der Waals surface area contributed by atoms with Gasteiger partial charge in [-0.25, -0.2) is 4.98 Å². The van der Waals surface area contributed by atoms with Gasteiger partial charge in [-0.2, -0.15) is 0 Å². The molecule has 4 nitrogen and oxygen atoms in total. The summed E-state index contributed by atoms with van der Waals surface area (Å²) in [5.41, 5.74) is 4.54. The third kappa shape index (κ3) is 2.63. The smallest absolute Gasteiger partial charge is 0.224 e. The molecule has 0 aliphatic carbocycles. The molecule has 0 radical (unpaired) electrons. The van der Waals surface area contributed by atoms with Crippen LogP contribution in [0.4, 0.5) is 5.69 Å². The number of anilines is 1. The van der Waals surface area contributed by atoms with Crippen LogP contribution in [0, 0.1) is 0 Å². The summed E-state index contributed by atoms with van der Waals surface area (Å²) in [6, 6.07) is 16.8. The first-order valence-electron chi connectivity index (χ1n) is 7.76. The number of rotatable bonds is 3. The average molecular weight is 303 g/mol. The van der Waals surface area contributed by atoms with Crippen LogP contribution in [0.5, 0.6) is 0 Å². The van der Waals surface area contributed by atoms with E-state index in [0.717, 1.165) is 12.1 Å². The number of aromatic nitrogens is 2. The number of hydrogen-bond donors (Lipinski definition) is 1. The normalized spacial score (nSPS) is 14.9. The summed E-state index contributed by atoms with van der Waals surface area (Å²) in [7, 11) is 0. The van der Waals surface area contributed by atoms with Crippen LogP contribution in [0.25, 0.3) is 0 Å². The van der Waals surface area contributed by atoms with E-state index >= 15 is 0 Å². The highest BCUT2D eigenvalue weighted by Crippen LogP contribution is 2.31. The minimum Gasteiger partial charge on any atom is -0.326 e. The van der Waals surface area contributed by atoms with Crippen molar-refractivity contribution in [3.63, 3.8) is 0 Å². The number of carbonyl (C=O) groups excluding carboxylic acids is 1. The molecule has 1 N–H and O–H groups in total. The van der Waals surface area contributed by atoms with Gasteiger partial charge in [-0.15, -0.1) is 0 Å². The number of amides is 1. The van der Waals surface area contributed by atoms with E-state index in [2.05, 4.69) is 51.3 Å². The molecule has 1 aliphatic heterocycles. The topological polar surface area (TPSA) is 46.9 Å². The van der Waals surface area contributed by atoms with Crippen LogP contribution in [0.3, 0.4) is 0 Å². The third-order valence-electron chi connectivity index (χ3n) is 4.28. The van der Waals surface area contributed by atoms with Gasteiger partial charge in [-0.05, 0) is 29.2 Å². The predicted octanol–water partition coefficient (Wildman–Crippen LogP) is 3.41. The van der Waals surface area contributed by atoms with Gasteiger partial charge in [0.25, 0.3) is 0 Å². The summed E-state index contributed by atoms with van der Waals surface area (Å²) in [4.78, 5) is 15.7. The minimum absolute atomic E-state index is 0.0848. The molecule has 2 heterocycles. The Labute approximate surface area is 134 Å². The predicted molar refractivity (Wildman–Crippen MR) is 89.3 cm³/mol. The monoisotopic (exact) mass is 303 g/mol. The SMILES string of the molecule is O=C1CCc2cc(C(c3ccccc3)n3ccnc3)ccc2N1. The zero-order chi connectivity index (χ0) is 15.6. The molecular weight excluding hydrogens is 286 g/mol. The van der Waals surface area contributed by atoms with Gasteiger partial charge in [0.2, 0.25) is 5.91 Å². The summed E-state index contributed by atoms with van der Waals surface area (Å²) in [6.07, 6.45) is 6.98. The van der Waals surface area contributed by atoms with E-state index in [1.165, 1.54) is 16.7 Å². The number of carbonyl (C=O) groups is 1.